The summed E-state index contributed by atoms with van der Waals surface area (Å²) in [7, 11) is 4.61. The van der Waals surface area contributed by atoms with Crippen molar-refractivity contribution in [3.05, 3.63) is 69.0 Å². The Bertz CT molecular complexity index is 832. The summed E-state index contributed by atoms with van der Waals surface area (Å²) in [6, 6.07) is 9.18. The lowest BCUT2D eigenvalue weighted by atomic mass is 10.2. The van der Waals surface area contributed by atoms with Gasteiger partial charge >= 0.3 is 5.69 Å². The monoisotopic (exact) mass is 299 g/mol. The summed E-state index contributed by atoms with van der Waals surface area (Å²) in [4.78, 5) is 37.2. The molecule has 0 aliphatic carbocycles. The second-order valence-electron chi connectivity index (χ2n) is 4.91. The van der Waals surface area contributed by atoms with Crippen molar-refractivity contribution < 1.29 is 4.79 Å². The summed E-state index contributed by atoms with van der Waals surface area (Å²) >= 11 is 0. The zero-order valence-electron chi connectivity index (χ0n) is 12.7. The molecule has 0 bridgehead atoms. The Labute approximate surface area is 127 Å². The van der Waals surface area contributed by atoms with Crippen LogP contribution in [0.3, 0.4) is 0 Å². The van der Waals surface area contributed by atoms with E-state index in [1.54, 1.807) is 14.1 Å². The maximum absolute atomic E-state index is 12.1. The van der Waals surface area contributed by atoms with Crippen molar-refractivity contribution in [3.63, 3.8) is 0 Å². The zero-order chi connectivity index (χ0) is 16.3. The first-order valence-electron chi connectivity index (χ1n) is 6.69. The fourth-order valence-electron chi connectivity index (χ4n) is 2.00. The minimum Gasteiger partial charge on any atom is -0.312 e. The van der Waals surface area contributed by atoms with Gasteiger partial charge < -0.3 is 9.47 Å². The molecular weight excluding hydrogens is 282 g/mol. The highest BCUT2D eigenvalue weighted by Gasteiger charge is 2.08. The maximum atomic E-state index is 12.1. The van der Waals surface area contributed by atoms with Crippen molar-refractivity contribution in [1.29, 1.82) is 0 Å². The van der Waals surface area contributed by atoms with E-state index in [-0.39, 0.29) is 11.5 Å². The molecule has 6 heteroatoms. The molecule has 0 fully saturated rings. The van der Waals surface area contributed by atoms with Gasteiger partial charge in [0.2, 0.25) is 0 Å². The van der Waals surface area contributed by atoms with Crippen LogP contribution in [0.5, 0.6) is 0 Å². The molecule has 0 saturated carbocycles. The Morgan fingerprint density at radius 2 is 1.77 bits per heavy atom. The van der Waals surface area contributed by atoms with E-state index >= 15 is 0 Å². The summed E-state index contributed by atoms with van der Waals surface area (Å²) in [5, 5.41) is 0. The summed E-state index contributed by atoms with van der Waals surface area (Å²) in [6.45, 7) is 0. The zero-order valence-corrected chi connectivity index (χ0v) is 12.7. The third-order valence-electron chi connectivity index (χ3n) is 3.35. The van der Waals surface area contributed by atoms with Gasteiger partial charge in [-0.25, -0.2) is 4.79 Å². The Balaban J connectivity index is 2.28. The Hall–Kier alpha value is -2.89. The van der Waals surface area contributed by atoms with Gasteiger partial charge in [-0.1, -0.05) is 18.2 Å². The van der Waals surface area contributed by atoms with E-state index in [9.17, 15) is 14.4 Å². The molecule has 1 heterocycles. The lowest BCUT2D eigenvalue weighted by Crippen LogP contribution is -2.37. The molecule has 1 aromatic heterocycles. The number of nitrogens with zero attached hydrogens (tertiary/aromatic N) is 3. The van der Waals surface area contributed by atoms with Gasteiger partial charge in [0.25, 0.3) is 11.5 Å². The first-order valence-corrected chi connectivity index (χ1v) is 6.69. The fraction of sp³-hybridized carbons (Fsp3) is 0.188. The number of rotatable bonds is 3. The van der Waals surface area contributed by atoms with Crippen molar-refractivity contribution in [2.45, 2.75) is 0 Å². The molecule has 0 radical (unpaired) electrons. The summed E-state index contributed by atoms with van der Waals surface area (Å²) < 4.78 is 2.30. The van der Waals surface area contributed by atoms with Crippen LogP contribution in [0.4, 0.5) is 5.69 Å². The van der Waals surface area contributed by atoms with E-state index in [2.05, 4.69) is 0 Å². The van der Waals surface area contributed by atoms with Crippen LogP contribution in [-0.2, 0) is 18.9 Å². The molecule has 2 aromatic rings. The minimum absolute atomic E-state index is 0.262. The van der Waals surface area contributed by atoms with Gasteiger partial charge in [-0.2, -0.15) is 0 Å². The van der Waals surface area contributed by atoms with E-state index in [1.165, 1.54) is 34.9 Å². The molecule has 22 heavy (non-hydrogen) atoms. The number of likely N-dealkylation sites (N-methyl/N-ethyl adjacent to an activating group) is 1. The number of anilines is 1. The average Bonchev–Trinajstić information content (AvgIpc) is 2.54. The Morgan fingerprint density at radius 1 is 1.14 bits per heavy atom. The number of carbonyl (C=O) groups excluding carboxylic acids is 1. The standard InChI is InChI=1S/C16H17N3O3/c1-17-11-12(15(21)19(3)16(17)22)9-10-14(20)18(2)13-7-5-4-6-8-13/h4-11H,1-3H3/b10-9+. The summed E-state index contributed by atoms with van der Waals surface area (Å²) in [5.74, 6) is -0.262. The van der Waals surface area contributed by atoms with Crippen LogP contribution >= 0.6 is 0 Å². The van der Waals surface area contributed by atoms with Gasteiger partial charge in [-0.15, -0.1) is 0 Å². The number of hydrogen-bond donors (Lipinski definition) is 0. The normalized spacial score (nSPS) is 10.9. The van der Waals surface area contributed by atoms with Crippen LogP contribution in [0.15, 0.2) is 52.2 Å². The second-order valence-corrected chi connectivity index (χ2v) is 4.91. The maximum Gasteiger partial charge on any atom is 0.330 e. The van der Waals surface area contributed by atoms with E-state index < -0.39 is 11.2 Å². The highest BCUT2D eigenvalue weighted by Crippen LogP contribution is 2.11. The number of aryl methyl sites for hydroxylation is 1. The number of hydrogen-bond acceptors (Lipinski definition) is 3. The van der Waals surface area contributed by atoms with Crippen LogP contribution in [0.25, 0.3) is 6.08 Å². The van der Waals surface area contributed by atoms with Crippen molar-refractivity contribution in [3.8, 4) is 0 Å². The highest BCUT2D eigenvalue weighted by atomic mass is 16.2. The Kier molecular flexibility index (Phi) is 4.41. The van der Waals surface area contributed by atoms with Gasteiger partial charge in [-0.3, -0.25) is 14.2 Å². The lowest BCUT2D eigenvalue weighted by Gasteiger charge is -2.14. The van der Waals surface area contributed by atoms with Crippen LogP contribution in [-0.4, -0.2) is 22.1 Å². The van der Waals surface area contributed by atoms with Crippen LogP contribution in [0, 0.1) is 0 Å². The number of benzene rings is 1. The molecule has 0 aliphatic heterocycles. The summed E-state index contributed by atoms with van der Waals surface area (Å²) in [6.07, 6.45) is 4.15. The molecule has 0 unspecified atom stereocenters. The first-order chi connectivity index (χ1) is 10.4. The van der Waals surface area contributed by atoms with Crippen molar-refractivity contribution in [2.75, 3.05) is 11.9 Å². The van der Waals surface area contributed by atoms with Crippen molar-refractivity contribution in [1.82, 2.24) is 9.13 Å². The second kappa shape index (κ2) is 6.26. The third kappa shape index (κ3) is 3.06. The Morgan fingerprint density at radius 3 is 2.41 bits per heavy atom. The van der Waals surface area contributed by atoms with Gasteiger partial charge in [0.1, 0.15) is 0 Å². The predicted octanol–water partition coefficient (Wildman–Crippen LogP) is 0.760. The molecule has 0 atom stereocenters. The largest absolute Gasteiger partial charge is 0.330 e. The molecule has 6 nitrogen and oxygen atoms in total. The van der Waals surface area contributed by atoms with Crippen molar-refractivity contribution >= 4 is 17.7 Å². The summed E-state index contributed by atoms with van der Waals surface area (Å²) in [5.41, 5.74) is 0.189. The minimum atomic E-state index is -0.436. The van der Waals surface area contributed by atoms with E-state index in [0.29, 0.717) is 0 Å². The third-order valence-corrected chi connectivity index (χ3v) is 3.35. The number of amides is 1. The number of para-hydroxylation sites is 1. The molecule has 2 rings (SSSR count). The molecular formula is C16H17N3O3. The first kappa shape index (κ1) is 15.5. The van der Waals surface area contributed by atoms with Gasteiger partial charge in [0, 0.05) is 39.1 Å². The highest BCUT2D eigenvalue weighted by molar-refractivity contribution is 6.03. The molecule has 114 valence electrons. The van der Waals surface area contributed by atoms with Gasteiger partial charge in [-0.05, 0) is 18.2 Å². The molecule has 0 aliphatic rings. The average molecular weight is 299 g/mol. The van der Waals surface area contributed by atoms with Crippen molar-refractivity contribution in [2.24, 2.45) is 14.1 Å². The van der Waals surface area contributed by atoms with E-state index in [1.807, 2.05) is 30.3 Å². The fourth-order valence-corrected chi connectivity index (χ4v) is 2.00. The number of carbonyl (C=O) groups is 1. The molecule has 0 saturated heterocycles. The topological polar surface area (TPSA) is 64.3 Å². The predicted molar refractivity (Wildman–Crippen MR) is 85.8 cm³/mol. The molecule has 0 N–H and O–H groups in total. The molecule has 0 spiro atoms. The van der Waals surface area contributed by atoms with Crippen LogP contribution in [0.1, 0.15) is 5.56 Å². The van der Waals surface area contributed by atoms with E-state index in [4.69, 9.17) is 0 Å². The van der Waals surface area contributed by atoms with Gasteiger partial charge in [0.15, 0.2) is 0 Å². The van der Waals surface area contributed by atoms with Crippen LogP contribution in [0.2, 0.25) is 0 Å². The van der Waals surface area contributed by atoms with Gasteiger partial charge in [0.05, 0.1) is 5.56 Å². The smallest absolute Gasteiger partial charge is 0.312 e. The van der Waals surface area contributed by atoms with E-state index in [0.717, 1.165) is 10.3 Å². The quantitative estimate of drug-likeness (QED) is 0.786. The SMILES string of the molecule is CN(C(=O)/C=C/c1cn(C)c(=O)n(C)c1=O)c1ccccc1. The molecule has 1 amide bonds. The number of aromatic nitrogens is 2. The molecule has 1 aromatic carbocycles. The van der Waals surface area contributed by atoms with Crippen LogP contribution < -0.4 is 16.1 Å². The lowest BCUT2D eigenvalue weighted by molar-refractivity contribution is -0.113.